The lowest BCUT2D eigenvalue weighted by Crippen LogP contribution is -2.47. The molecule has 0 aliphatic heterocycles. The van der Waals surface area contributed by atoms with Crippen molar-refractivity contribution in [3.63, 3.8) is 0 Å². The predicted molar refractivity (Wildman–Crippen MR) is 72.9 cm³/mol. The molecular formula is C11H15N3O6S. The number of benzene rings is 1. The summed E-state index contributed by atoms with van der Waals surface area (Å²) in [6, 6.07) is 3.59. The van der Waals surface area contributed by atoms with Crippen LogP contribution in [0.25, 0.3) is 0 Å². The van der Waals surface area contributed by atoms with Crippen LogP contribution in [0.2, 0.25) is 0 Å². The van der Waals surface area contributed by atoms with Crippen LogP contribution in [-0.2, 0) is 19.6 Å². The van der Waals surface area contributed by atoms with Gasteiger partial charge in [0.25, 0.3) is 5.69 Å². The zero-order valence-corrected chi connectivity index (χ0v) is 12.2. The number of esters is 1. The molecule has 1 rings (SSSR count). The molecule has 0 heterocycles. The first kappa shape index (κ1) is 17.0. The Morgan fingerprint density at radius 1 is 1.48 bits per heavy atom. The van der Waals surface area contributed by atoms with E-state index in [1.807, 2.05) is 0 Å². The molecule has 0 aliphatic rings. The highest BCUT2D eigenvalue weighted by Crippen LogP contribution is 2.26. The Balaban J connectivity index is 3.34. The molecule has 0 aliphatic carbocycles. The van der Waals surface area contributed by atoms with Crippen LogP contribution in [0.3, 0.4) is 0 Å². The molecule has 0 fully saturated rings. The minimum atomic E-state index is -4.27. The SMILES string of the molecule is COC(=O)[C@@H](CN)N(C)S(=O)(=O)c1ccccc1[N+](=O)[O-]. The molecule has 0 radical (unpaired) electrons. The number of methoxy groups -OCH3 is 1. The maximum atomic E-state index is 12.4. The van der Waals surface area contributed by atoms with E-state index in [1.165, 1.54) is 12.1 Å². The highest BCUT2D eigenvalue weighted by atomic mass is 32.2. The average Bonchev–Trinajstić information content (AvgIpc) is 2.47. The van der Waals surface area contributed by atoms with E-state index < -0.39 is 37.5 Å². The number of hydrogen-bond donors (Lipinski definition) is 1. The molecule has 0 saturated heterocycles. The molecule has 0 unspecified atom stereocenters. The molecule has 10 heteroatoms. The van der Waals surface area contributed by atoms with Crippen LogP contribution in [0.1, 0.15) is 0 Å². The fourth-order valence-corrected chi connectivity index (χ4v) is 3.15. The van der Waals surface area contributed by atoms with Crippen molar-refractivity contribution in [3.05, 3.63) is 34.4 Å². The molecule has 9 nitrogen and oxygen atoms in total. The van der Waals surface area contributed by atoms with Gasteiger partial charge in [-0.05, 0) is 6.07 Å². The standard InChI is InChI=1S/C11H15N3O6S/c1-13(9(7-12)11(15)20-2)21(18,19)10-6-4-3-5-8(10)14(16)17/h3-6,9H,7,12H2,1-2H3/t9-/m1/s1. The van der Waals surface area contributed by atoms with Gasteiger partial charge in [0.05, 0.1) is 12.0 Å². The van der Waals surface area contributed by atoms with E-state index in [0.29, 0.717) is 4.31 Å². The van der Waals surface area contributed by atoms with Gasteiger partial charge in [0.1, 0.15) is 6.04 Å². The van der Waals surface area contributed by atoms with E-state index in [0.717, 1.165) is 26.3 Å². The van der Waals surface area contributed by atoms with Crippen molar-refractivity contribution < 1.29 is 22.9 Å². The van der Waals surface area contributed by atoms with Gasteiger partial charge in [-0.15, -0.1) is 0 Å². The Bertz CT molecular complexity index is 645. The Kier molecular flexibility index (Phi) is 5.35. The van der Waals surface area contributed by atoms with E-state index in [1.54, 1.807) is 0 Å². The summed E-state index contributed by atoms with van der Waals surface area (Å²) < 4.78 is 30.0. The molecule has 0 spiro atoms. The van der Waals surface area contributed by atoms with E-state index in [4.69, 9.17) is 5.73 Å². The van der Waals surface area contributed by atoms with Crippen LogP contribution < -0.4 is 5.73 Å². The summed E-state index contributed by atoms with van der Waals surface area (Å²) in [6.45, 7) is -0.316. The lowest BCUT2D eigenvalue weighted by molar-refractivity contribution is -0.387. The van der Waals surface area contributed by atoms with Gasteiger partial charge in [-0.2, -0.15) is 4.31 Å². The number of sulfonamides is 1. The van der Waals surface area contributed by atoms with E-state index in [-0.39, 0.29) is 6.54 Å². The number of nitro groups is 1. The van der Waals surface area contributed by atoms with Gasteiger partial charge < -0.3 is 10.5 Å². The first-order valence-corrected chi connectivity index (χ1v) is 7.20. The first-order chi connectivity index (χ1) is 9.77. The highest BCUT2D eigenvalue weighted by Gasteiger charge is 2.36. The Labute approximate surface area is 121 Å². The summed E-state index contributed by atoms with van der Waals surface area (Å²) in [5.41, 5.74) is 4.80. The van der Waals surface area contributed by atoms with Crippen LogP contribution in [-0.4, -0.2) is 50.4 Å². The van der Waals surface area contributed by atoms with Crippen molar-refractivity contribution in [2.45, 2.75) is 10.9 Å². The van der Waals surface area contributed by atoms with Crippen LogP contribution in [0.15, 0.2) is 29.2 Å². The number of nitro benzene ring substituents is 1. The molecule has 116 valence electrons. The Morgan fingerprint density at radius 3 is 2.52 bits per heavy atom. The molecule has 1 aromatic carbocycles. The number of para-hydroxylation sites is 1. The van der Waals surface area contributed by atoms with Crippen molar-refractivity contribution >= 4 is 21.7 Å². The third-order valence-electron chi connectivity index (χ3n) is 2.85. The molecule has 1 aromatic rings. The van der Waals surface area contributed by atoms with Gasteiger partial charge >= 0.3 is 5.97 Å². The van der Waals surface area contributed by atoms with Gasteiger partial charge in [-0.1, -0.05) is 12.1 Å². The molecule has 0 bridgehead atoms. The molecule has 2 N–H and O–H groups in total. The predicted octanol–water partition coefficient (Wildman–Crippen LogP) is -0.284. The number of carbonyl (C=O) groups is 1. The lowest BCUT2D eigenvalue weighted by Gasteiger charge is -2.24. The third-order valence-corrected chi connectivity index (χ3v) is 4.77. The first-order valence-electron chi connectivity index (χ1n) is 5.76. The molecule has 0 saturated carbocycles. The summed E-state index contributed by atoms with van der Waals surface area (Å²) in [5.74, 6) is -0.845. The topological polar surface area (TPSA) is 133 Å². The van der Waals surface area contributed by atoms with Gasteiger partial charge in [-0.3, -0.25) is 14.9 Å². The van der Waals surface area contributed by atoms with Gasteiger partial charge in [0, 0.05) is 19.7 Å². The maximum absolute atomic E-state index is 12.4. The summed E-state index contributed by atoms with van der Waals surface area (Å²) in [5, 5.41) is 10.9. The summed E-state index contributed by atoms with van der Waals surface area (Å²) in [7, 11) is -2.06. The quantitative estimate of drug-likeness (QED) is 0.433. The minimum Gasteiger partial charge on any atom is -0.468 e. The van der Waals surface area contributed by atoms with Gasteiger partial charge in [-0.25, -0.2) is 8.42 Å². The zero-order valence-electron chi connectivity index (χ0n) is 11.4. The van der Waals surface area contributed by atoms with Crippen molar-refractivity contribution in [1.82, 2.24) is 4.31 Å². The van der Waals surface area contributed by atoms with E-state index >= 15 is 0 Å². The van der Waals surface area contributed by atoms with Crippen LogP contribution in [0.5, 0.6) is 0 Å². The number of nitrogens with two attached hydrogens (primary N) is 1. The second-order valence-corrected chi connectivity index (χ2v) is 5.99. The lowest BCUT2D eigenvalue weighted by atomic mass is 10.3. The smallest absolute Gasteiger partial charge is 0.325 e. The second kappa shape index (κ2) is 6.61. The summed E-state index contributed by atoms with van der Waals surface area (Å²) in [4.78, 5) is 21.1. The van der Waals surface area contributed by atoms with Crippen molar-refractivity contribution in [2.24, 2.45) is 5.73 Å². The van der Waals surface area contributed by atoms with Crippen molar-refractivity contribution in [3.8, 4) is 0 Å². The van der Waals surface area contributed by atoms with Crippen LogP contribution >= 0.6 is 0 Å². The van der Waals surface area contributed by atoms with Gasteiger partial charge in [0.15, 0.2) is 4.90 Å². The van der Waals surface area contributed by atoms with Crippen molar-refractivity contribution in [2.75, 3.05) is 20.7 Å². The molecule has 0 amide bonds. The largest absolute Gasteiger partial charge is 0.468 e. The normalized spacial score (nSPS) is 13.0. The number of carbonyl (C=O) groups excluding carboxylic acids is 1. The fourth-order valence-electron chi connectivity index (χ4n) is 1.68. The van der Waals surface area contributed by atoms with E-state index in [9.17, 15) is 23.3 Å². The Morgan fingerprint density at radius 2 is 2.05 bits per heavy atom. The average molecular weight is 317 g/mol. The highest BCUT2D eigenvalue weighted by molar-refractivity contribution is 7.89. The number of rotatable bonds is 6. The van der Waals surface area contributed by atoms with Gasteiger partial charge in [0.2, 0.25) is 10.0 Å². The molecular weight excluding hydrogens is 302 g/mol. The number of nitrogens with zero attached hydrogens (tertiary/aromatic N) is 2. The monoisotopic (exact) mass is 317 g/mol. The van der Waals surface area contributed by atoms with Crippen LogP contribution in [0.4, 0.5) is 5.69 Å². The third kappa shape index (κ3) is 3.35. The second-order valence-electron chi connectivity index (χ2n) is 4.02. The van der Waals surface area contributed by atoms with Crippen molar-refractivity contribution in [1.29, 1.82) is 0 Å². The number of ether oxygens (including phenoxy) is 1. The zero-order chi connectivity index (χ0) is 16.2. The Hall–Kier alpha value is -2.04. The maximum Gasteiger partial charge on any atom is 0.325 e. The minimum absolute atomic E-state index is 0.316. The summed E-state index contributed by atoms with van der Waals surface area (Å²) in [6.07, 6.45) is 0. The molecule has 1 atom stereocenters. The van der Waals surface area contributed by atoms with E-state index in [2.05, 4.69) is 4.74 Å². The molecule has 0 aromatic heterocycles. The fraction of sp³-hybridized carbons (Fsp3) is 0.364. The van der Waals surface area contributed by atoms with Crippen LogP contribution in [0, 0.1) is 10.1 Å². The number of likely N-dealkylation sites (N-methyl/N-ethyl adjacent to an activating group) is 1. The number of hydrogen-bond acceptors (Lipinski definition) is 7. The molecule has 21 heavy (non-hydrogen) atoms. The summed E-state index contributed by atoms with van der Waals surface area (Å²) >= 11 is 0.